The Bertz CT molecular complexity index is 306. The molecule has 1 atom stereocenters. The van der Waals surface area contributed by atoms with E-state index in [1.807, 2.05) is 20.8 Å². The van der Waals surface area contributed by atoms with Crippen LogP contribution in [0.15, 0.2) is 0 Å². The first-order valence-electron chi connectivity index (χ1n) is 5.70. The molecule has 0 saturated carbocycles. The van der Waals surface area contributed by atoms with E-state index in [0.29, 0.717) is 19.5 Å². The summed E-state index contributed by atoms with van der Waals surface area (Å²) in [6, 6.07) is 0. The molecule has 1 unspecified atom stereocenters. The average Bonchev–Trinajstić information content (AvgIpc) is 2.15. The highest BCUT2D eigenvalue weighted by Gasteiger charge is 2.41. The summed E-state index contributed by atoms with van der Waals surface area (Å²) in [5.41, 5.74) is -1.21. The van der Waals surface area contributed by atoms with Gasteiger partial charge in [0.25, 0.3) is 0 Å². The van der Waals surface area contributed by atoms with Crippen molar-refractivity contribution in [1.29, 1.82) is 0 Å². The van der Waals surface area contributed by atoms with Gasteiger partial charge in [-0.2, -0.15) is 0 Å². The monoisotopic (exact) mass is 227 g/mol. The van der Waals surface area contributed by atoms with Crippen LogP contribution in [0.2, 0.25) is 0 Å². The number of carboxylic acids is 1. The second-order valence-corrected chi connectivity index (χ2v) is 5.95. The van der Waals surface area contributed by atoms with Crippen molar-refractivity contribution in [2.45, 2.75) is 40.5 Å². The van der Waals surface area contributed by atoms with Gasteiger partial charge in [-0.15, -0.1) is 0 Å². The van der Waals surface area contributed by atoms with Gasteiger partial charge in [-0.05, 0) is 19.8 Å². The van der Waals surface area contributed by atoms with Crippen molar-refractivity contribution < 1.29 is 14.7 Å². The SMILES string of the molecule is CC(C)(C)C(=O)N1CCCC(C)(C(=O)O)C1. The molecular formula is C12H21NO3. The largest absolute Gasteiger partial charge is 0.481 e. The van der Waals surface area contributed by atoms with E-state index >= 15 is 0 Å². The van der Waals surface area contributed by atoms with Gasteiger partial charge in [0.15, 0.2) is 0 Å². The van der Waals surface area contributed by atoms with E-state index in [2.05, 4.69) is 0 Å². The highest BCUT2D eigenvalue weighted by atomic mass is 16.4. The number of carbonyl (C=O) groups excluding carboxylic acids is 1. The fourth-order valence-corrected chi connectivity index (χ4v) is 2.06. The van der Waals surface area contributed by atoms with Crippen LogP contribution in [0.25, 0.3) is 0 Å². The number of nitrogens with zero attached hydrogens (tertiary/aromatic N) is 1. The number of carbonyl (C=O) groups is 2. The molecule has 1 heterocycles. The minimum absolute atomic E-state index is 0.0414. The van der Waals surface area contributed by atoms with Crippen LogP contribution in [-0.2, 0) is 9.59 Å². The van der Waals surface area contributed by atoms with Crippen LogP contribution >= 0.6 is 0 Å². The molecule has 0 bridgehead atoms. The van der Waals surface area contributed by atoms with E-state index < -0.39 is 16.8 Å². The minimum atomic E-state index is -0.807. The number of aliphatic carboxylic acids is 1. The number of amides is 1. The molecule has 1 fully saturated rings. The molecule has 1 saturated heterocycles. The van der Waals surface area contributed by atoms with Crippen molar-refractivity contribution in [3.05, 3.63) is 0 Å². The van der Waals surface area contributed by atoms with Crippen molar-refractivity contribution >= 4 is 11.9 Å². The highest BCUT2D eigenvalue weighted by molar-refractivity contribution is 5.83. The molecule has 0 aromatic carbocycles. The van der Waals surface area contributed by atoms with Crippen molar-refractivity contribution in [1.82, 2.24) is 4.90 Å². The molecule has 16 heavy (non-hydrogen) atoms. The predicted octanol–water partition coefficient (Wildman–Crippen LogP) is 1.75. The van der Waals surface area contributed by atoms with E-state index in [1.165, 1.54) is 0 Å². The molecule has 1 N–H and O–H groups in total. The summed E-state index contributed by atoms with van der Waals surface area (Å²) in [6.07, 6.45) is 1.42. The van der Waals surface area contributed by atoms with Crippen LogP contribution in [0, 0.1) is 10.8 Å². The molecule has 1 aliphatic heterocycles. The molecule has 0 spiro atoms. The molecule has 1 rings (SSSR count). The van der Waals surface area contributed by atoms with E-state index in [1.54, 1.807) is 11.8 Å². The fourth-order valence-electron chi connectivity index (χ4n) is 2.06. The van der Waals surface area contributed by atoms with Crippen molar-refractivity contribution in [2.24, 2.45) is 10.8 Å². The number of hydrogen-bond acceptors (Lipinski definition) is 2. The summed E-state index contributed by atoms with van der Waals surface area (Å²) in [7, 11) is 0. The third kappa shape index (κ3) is 2.54. The van der Waals surface area contributed by atoms with E-state index in [4.69, 9.17) is 5.11 Å². The molecule has 1 amide bonds. The number of rotatable bonds is 1. The van der Waals surface area contributed by atoms with Gasteiger partial charge in [-0.1, -0.05) is 20.8 Å². The lowest BCUT2D eigenvalue weighted by Gasteiger charge is -2.40. The maximum atomic E-state index is 12.1. The van der Waals surface area contributed by atoms with E-state index in [0.717, 1.165) is 6.42 Å². The topological polar surface area (TPSA) is 57.6 Å². The lowest BCUT2D eigenvalue weighted by Crippen LogP contribution is -2.51. The maximum Gasteiger partial charge on any atom is 0.311 e. The van der Waals surface area contributed by atoms with Crippen molar-refractivity contribution in [3.8, 4) is 0 Å². The van der Waals surface area contributed by atoms with Crippen LogP contribution < -0.4 is 0 Å². The van der Waals surface area contributed by atoms with Gasteiger partial charge in [-0.25, -0.2) is 0 Å². The maximum absolute atomic E-state index is 12.1. The van der Waals surface area contributed by atoms with Crippen LogP contribution in [0.5, 0.6) is 0 Å². The first kappa shape index (κ1) is 13.0. The normalized spacial score (nSPS) is 26.6. The van der Waals surface area contributed by atoms with Gasteiger partial charge in [0.1, 0.15) is 0 Å². The Labute approximate surface area is 96.6 Å². The van der Waals surface area contributed by atoms with Gasteiger partial charge < -0.3 is 10.0 Å². The Hall–Kier alpha value is -1.06. The third-order valence-electron chi connectivity index (χ3n) is 3.14. The Balaban J connectivity index is 2.79. The molecule has 0 aliphatic carbocycles. The number of hydrogen-bond donors (Lipinski definition) is 1. The van der Waals surface area contributed by atoms with E-state index in [9.17, 15) is 9.59 Å². The number of carboxylic acid groups (broad SMARTS) is 1. The molecule has 0 aromatic heterocycles. The molecule has 4 nitrogen and oxygen atoms in total. The first-order chi connectivity index (χ1) is 7.17. The van der Waals surface area contributed by atoms with Crippen LogP contribution in [0.1, 0.15) is 40.5 Å². The van der Waals surface area contributed by atoms with Gasteiger partial charge in [-0.3, -0.25) is 9.59 Å². The summed E-state index contributed by atoms with van der Waals surface area (Å²) in [5.74, 6) is -0.765. The van der Waals surface area contributed by atoms with Gasteiger partial charge in [0, 0.05) is 18.5 Å². The molecule has 0 radical (unpaired) electrons. The second-order valence-electron chi connectivity index (χ2n) is 5.95. The Morgan fingerprint density at radius 2 is 1.88 bits per heavy atom. The summed E-state index contributed by atoms with van der Waals surface area (Å²) in [5, 5.41) is 9.16. The van der Waals surface area contributed by atoms with Crippen molar-refractivity contribution in [3.63, 3.8) is 0 Å². The Morgan fingerprint density at radius 3 is 2.31 bits per heavy atom. The standard InChI is InChI=1S/C12H21NO3/c1-11(2,3)9(14)13-7-5-6-12(4,8-13)10(15)16/h5-8H2,1-4H3,(H,15,16). The smallest absolute Gasteiger partial charge is 0.311 e. The molecule has 0 aromatic rings. The van der Waals surface area contributed by atoms with E-state index in [-0.39, 0.29) is 5.91 Å². The number of likely N-dealkylation sites (tertiary alicyclic amines) is 1. The molecule has 92 valence electrons. The zero-order chi connectivity index (χ0) is 12.6. The lowest BCUT2D eigenvalue weighted by molar-refractivity contribution is -0.155. The van der Waals surface area contributed by atoms with Crippen molar-refractivity contribution in [2.75, 3.05) is 13.1 Å². The predicted molar refractivity (Wildman–Crippen MR) is 61.0 cm³/mol. The summed E-state index contributed by atoms with van der Waals surface area (Å²) < 4.78 is 0. The van der Waals surface area contributed by atoms with Crippen LogP contribution in [0.4, 0.5) is 0 Å². The molecular weight excluding hydrogens is 206 g/mol. The average molecular weight is 227 g/mol. The Kier molecular flexibility index (Phi) is 3.31. The quantitative estimate of drug-likeness (QED) is 0.742. The van der Waals surface area contributed by atoms with Gasteiger partial charge in [0.05, 0.1) is 5.41 Å². The minimum Gasteiger partial charge on any atom is -0.481 e. The molecule has 4 heteroatoms. The van der Waals surface area contributed by atoms with Crippen LogP contribution in [0.3, 0.4) is 0 Å². The summed E-state index contributed by atoms with van der Waals surface area (Å²) >= 11 is 0. The zero-order valence-electron chi connectivity index (χ0n) is 10.5. The lowest BCUT2D eigenvalue weighted by atomic mass is 9.81. The third-order valence-corrected chi connectivity index (χ3v) is 3.14. The summed E-state index contributed by atoms with van der Waals surface area (Å²) in [4.78, 5) is 24.9. The summed E-state index contributed by atoms with van der Waals surface area (Å²) in [6.45, 7) is 8.32. The van der Waals surface area contributed by atoms with Crippen LogP contribution in [-0.4, -0.2) is 35.0 Å². The van der Waals surface area contributed by atoms with Gasteiger partial charge >= 0.3 is 5.97 Å². The molecule has 1 aliphatic rings. The first-order valence-corrected chi connectivity index (χ1v) is 5.70. The number of piperidine rings is 1. The Morgan fingerprint density at radius 1 is 1.31 bits per heavy atom. The fraction of sp³-hybridized carbons (Fsp3) is 0.833. The highest BCUT2D eigenvalue weighted by Crippen LogP contribution is 2.31. The second kappa shape index (κ2) is 4.07. The van der Waals surface area contributed by atoms with Gasteiger partial charge in [0.2, 0.25) is 5.91 Å². The zero-order valence-corrected chi connectivity index (χ0v) is 10.5.